The molecule has 0 saturated carbocycles. The lowest BCUT2D eigenvalue weighted by atomic mass is 10.1. The highest BCUT2D eigenvalue weighted by Gasteiger charge is 2.27. The number of halogens is 1. The number of oxime groups is 1. The van der Waals surface area contributed by atoms with Gasteiger partial charge in [-0.3, -0.25) is 0 Å². The third-order valence-electron chi connectivity index (χ3n) is 2.74. The maximum absolute atomic E-state index is 8.96. The van der Waals surface area contributed by atoms with Gasteiger partial charge in [0, 0.05) is 10.0 Å². The van der Waals surface area contributed by atoms with Crippen LogP contribution >= 0.6 is 15.9 Å². The monoisotopic (exact) mass is 285 g/mol. The Balaban J connectivity index is 2.72. The van der Waals surface area contributed by atoms with Gasteiger partial charge in [0.2, 0.25) is 0 Å². The number of hydrogen-bond donors (Lipinski definition) is 1. The second-order valence-electron chi connectivity index (χ2n) is 3.49. The molecule has 0 radical (unpaired) electrons. The fourth-order valence-electron chi connectivity index (χ4n) is 2.02. The van der Waals surface area contributed by atoms with E-state index in [1.165, 1.54) is 0 Å². The predicted molar refractivity (Wildman–Crippen MR) is 63.9 cm³/mol. The van der Waals surface area contributed by atoms with E-state index in [2.05, 4.69) is 21.1 Å². The molecule has 4 nitrogen and oxygen atoms in total. The summed E-state index contributed by atoms with van der Waals surface area (Å²) in [5, 5.41) is 12.3. The van der Waals surface area contributed by atoms with E-state index in [9.17, 15) is 0 Å². The van der Waals surface area contributed by atoms with Gasteiger partial charge < -0.3 is 14.7 Å². The molecule has 1 aliphatic carbocycles. The summed E-state index contributed by atoms with van der Waals surface area (Å²) in [5.74, 6) is 1.27. The SMILES string of the molecule is COc1cc(Br)c2c(c1OC)C(=NO)CC2. The minimum atomic E-state index is 0.631. The molecule has 86 valence electrons. The summed E-state index contributed by atoms with van der Waals surface area (Å²) in [6.45, 7) is 0. The van der Waals surface area contributed by atoms with Crippen molar-refractivity contribution in [2.24, 2.45) is 5.16 Å². The molecule has 1 aromatic carbocycles. The lowest BCUT2D eigenvalue weighted by Gasteiger charge is -2.13. The van der Waals surface area contributed by atoms with Crippen LogP contribution in [0.15, 0.2) is 15.7 Å². The van der Waals surface area contributed by atoms with Crippen LogP contribution in [0.3, 0.4) is 0 Å². The van der Waals surface area contributed by atoms with Gasteiger partial charge in [0.05, 0.1) is 19.9 Å². The number of nitrogens with zero attached hydrogens (tertiary/aromatic N) is 1. The molecule has 0 bridgehead atoms. The van der Waals surface area contributed by atoms with Gasteiger partial charge in [0.25, 0.3) is 0 Å². The third kappa shape index (κ3) is 1.55. The highest BCUT2D eigenvalue weighted by atomic mass is 79.9. The van der Waals surface area contributed by atoms with Crippen molar-refractivity contribution in [2.75, 3.05) is 14.2 Å². The quantitative estimate of drug-likeness (QED) is 0.671. The van der Waals surface area contributed by atoms with Crippen molar-refractivity contribution in [3.05, 3.63) is 21.7 Å². The number of benzene rings is 1. The molecule has 0 atom stereocenters. The van der Waals surface area contributed by atoms with Crippen LogP contribution in [0, 0.1) is 0 Å². The van der Waals surface area contributed by atoms with Crippen molar-refractivity contribution in [1.82, 2.24) is 0 Å². The van der Waals surface area contributed by atoms with Crippen LogP contribution < -0.4 is 9.47 Å². The number of hydrogen-bond acceptors (Lipinski definition) is 4. The van der Waals surface area contributed by atoms with E-state index in [1.807, 2.05) is 6.07 Å². The average molecular weight is 286 g/mol. The third-order valence-corrected chi connectivity index (χ3v) is 3.45. The second kappa shape index (κ2) is 4.33. The van der Waals surface area contributed by atoms with Crippen LogP contribution in [-0.2, 0) is 6.42 Å². The van der Waals surface area contributed by atoms with Crippen LogP contribution in [0.2, 0.25) is 0 Å². The summed E-state index contributed by atoms with van der Waals surface area (Å²) in [6, 6.07) is 1.87. The van der Waals surface area contributed by atoms with E-state index in [0.29, 0.717) is 23.6 Å². The lowest BCUT2D eigenvalue weighted by molar-refractivity contribution is 0.317. The van der Waals surface area contributed by atoms with E-state index in [1.54, 1.807) is 14.2 Å². The van der Waals surface area contributed by atoms with E-state index >= 15 is 0 Å². The first kappa shape index (κ1) is 11.3. The van der Waals surface area contributed by atoms with Gasteiger partial charge in [-0.05, 0) is 24.5 Å². The van der Waals surface area contributed by atoms with Gasteiger partial charge in [0.1, 0.15) is 0 Å². The van der Waals surface area contributed by atoms with E-state index in [0.717, 1.165) is 22.0 Å². The second-order valence-corrected chi connectivity index (χ2v) is 4.35. The van der Waals surface area contributed by atoms with Crippen LogP contribution in [0.1, 0.15) is 17.5 Å². The van der Waals surface area contributed by atoms with Crippen molar-refractivity contribution in [1.29, 1.82) is 0 Å². The van der Waals surface area contributed by atoms with E-state index < -0.39 is 0 Å². The first-order chi connectivity index (χ1) is 7.72. The minimum absolute atomic E-state index is 0.631. The summed E-state index contributed by atoms with van der Waals surface area (Å²) in [6.07, 6.45) is 1.56. The fourth-order valence-corrected chi connectivity index (χ4v) is 2.62. The molecule has 0 aromatic heterocycles. The molecule has 0 aliphatic heterocycles. The molecule has 1 aromatic rings. The largest absolute Gasteiger partial charge is 0.493 e. The highest BCUT2D eigenvalue weighted by molar-refractivity contribution is 9.10. The fraction of sp³-hybridized carbons (Fsp3) is 0.364. The minimum Gasteiger partial charge on any atom is -0.493 e. The molecule has 0 heterocycles. The van der Waals surface area contributed by atoms with Crippen molar-refractivity contribution in [3.63, 3.8) is 0 Å². The molecular weight excluding hydrogens is 274 g/mol. The van der Waals surface area contributed by atoms with Gasteiger partial charge in [-0.1, -0.05) is 21.1 Å². The Morgan fingerprint density at radius 1 is 1.31 bits per heavy atom. The first-order valence-electron chi connectivity index (χ1n) is 4.87. The summed E-state index contributed by atoms with van der Waals surface area (Å²) in [7, 11) is 3.17. The van der Waals surface area contributed by atoms with E-state index in [-0.39, 0.29) is 0 Å². The Labute approximate surface area is 102 Å². The zero-order valence-corrected chi connectivity index (χ0v) is 10.7. The average Bonchev–Trinajstić information content (AvgIpc) is 2.73. The van der Waals surface area contributed by atoms with Gasteiger partial charge in [-0.2, -0.15) is 0 Å². The van der Waals surface area contributed by atoms with Crippen molar-refractivity contribution in [2.45, 2.75) is 12.8 Å². The molecule has 5 heteroatoms. The number of ether oxygens (including phenoxy) is 2. The summed E-state index contributed by atoms with van der Waals surface area (Å²) in [4.78, 5) is 0. The van der Waals surface area contributed by atoms with Gasteiger partial charge >= 0.3 is 0 Å². The maximum Gasteiger partial charge on any atom is 0.170 e. The molecule has 16 heavy (non-hydrogen) atoms. The Hall–Kier alpha value is -1.23. The smallest absolute Gasteiger partial charge is 0.170 e. The van der Waals surface area contributed by atoms with Crippen LogP contribution in [-0.4, -0.2) is 25.1 Å². The van der Waals surface area contributed by atoms with Gasteiger partial charge in [0.15, 0.2) is 11.5 Å². The van der Waals surface area contributed by atoms with Crippen LogP contribution in [0.4, 0.5) is 0 Å². The molecule has 2 rings (SSSR count). The number of methoxy groups -OCH3 is 2. The predicted octanol–water partition coefficient (Wildman–Crippen LogP) is 2.59. The molecule has 1 N–H and O–H groups in total. The normalized spacial score (nSPS) is 16.3. The maximum atomic E-state index is 8.96. The Kier molecular flexibility index (Phi) is 3.05. The number of rotatable bonds is 2. The summed E-state index contributed by atoms with van der Waals surface area (Å²) >= 11 is 3.49. The van der Waals surface area contributed by atoms with Crippen molar-refractivity contribution < 1.29 is 14.7 Å². The van der Waals surface area contributed by atoms with Crippen molar-refractivity contribution >= 4 is 21.6 Å². The molecular formula is C11H12BrNO3. The standard InChI is InChI=1S/C11H12BrNO3/c1-15-9-5-7(12)6-3-4-8(13-14)10(6)11(9)16-2/h5,14H,3-4H2,1-2H3. The molecule has 0 spiro atoms. The first-order valence-corrected chi connectivity index (χ1v) is 5.66. The van der Waals surface area contributed by atoms with Crippen LogP contribution in [0.5, 0.6) is 11.5 Å². The lowest BCUT2D eigenvalue weighted by Crippen LogP contribution is -2.01. The van der Waals surface area contributed by atoms with Gasteiger partial charge in [-0.15, -0.1) is 0 Å². The molecule has 1 aliphatic rings. The molecule has 0 unspecified atom stereocenters. The van der Waals surface area contributed by atoms with Crippen LogP contribution in [0.25, 0.3) is 0 Å². The summed E-state index contributed by atoms with van der Waals surface area (Å²) in [5.41, 5.74) is 2.59. The number of fused-ring (bicyclic) bond motifs is 1. The van der Waals surface area contributed by atoms with Crippen molar-refractivity contribution in [3.8, 4) is 11.5 Å². The Morgan fingerprint density at radius 2 is 2.06 bits per heavy atom. The highest BCUT2D eigenvalue weighted by Crippen LogP contribution is 2.42. The van der Waals surface area contributed by atoms with E-state index in [4.69, 9.17) is 14.7 Å². The zero-order valence-electron chi connectivity index (χ0n) is 9.08. The Morgan fingerprint density at radius 3 is 2.62 bits per heavy atom. The Bertz CT molecular complexity index is 457. The molecule has 0 saturated heterocycles. The molecule has 0 fully saturated rings. The zero-order chi connectivity index (χ0) is 11.7. The summed E-state index contributed by atoms with van der Waals surface area (Å²) < 4.78 is 11.5. The molecule has 0 amide bonds. The van der Waals surface area contributed by atoms with Gasteiger partial charge in [-0.25, -0.2) is 0 Å². The topological polar surface area (TPSA) is 51.0 Å².